The summed E-state index contributed by atoms with van der Waals surface area (Å²) < 4.78 is 25.2. The molecule has 4 aliphatic carbocycles. The molecule has 20 radical (unpaired) electrons. The van der Waals surface area contributed by atoms with Gasteiger partial charge in [0.2, 0.25) is 10.0 Å². The zero-order chi connectivity index (χ0) is 20.2. The summed E-state index contributed by atoms with van der Waals surface area (Å²) in [6.45, 7) is 0. The third kappa shape index (κ3) is 12.8. The largest absolute Gasteiger partial charge is 2.00 e. The van der Waals surface area contributed by atoms with Crippen LogP contribution in [0.5, 0.6) is 0 Å². The minimum Gasteiger partial charge on any atom is -0.391 e. The van der Waals surface area contributed by atoms with Crippen LogP contribution in [0.2, 0.25) is 0 Å². The van der Waals surface area contributed by atoms with E-state index in [9.17, 15) is 13.5 Å². The Morgan fingerprint density at radius 3 is 1.23 bits per heavy atom. The van der Waals surface area contributed by atoms with Crippen LogP contribution in [0.3, 0.4) is 0 Å². The van der Waals surface area contributed by atoms with Crippen molar-refractivity contribution in [2.75, 3.05) is 6.26 Å². The number of nitrogens with one attached hydrogen (secondary N) is 1. The number of hydrogen-bond acceptors (Lipinski definition) is 3. The molecule has 0 aromatic rings. The van der Waals surface area contributed by atoms with Crippen LogP contribution in [0.4, 0.5) is 0 Å². The van der Waals surface area contributed by atoms with Crippen molar-refractivity contribution in [3.63, 3.8) is 0 Å². The predicted octanol–water partition coefficient (Wildman–Crippen LogP) is 2.11. The van der Waals surface area contributed by atoms with E-state index in [0.29, 0.717) is 5.92 Å². The molecular weight excluding hydrogens is 482 g/mol. The van der Waals surface area contributed by atoms with Crippen molar-refractivity contribution in [1.29, 1.82) is 0 Å². The SMILES string of the molecule is CS(=O)(=O)N[C@H]([C]1[CH][CH][CH][CH]1)[C@@H](O)[C]1[CH][CH][CH][CH]1.[CH]1[CH][CH][CH][CH]1.[CH]1[CH][CH][CH][CH]1.[Fe+2].[Fe+2]. The molecule has 4 rings (SSSR count). The first kappa shape index (κ1) is 30.9. The van der Waals surface area contributed by atoms with Crippen LogP contribution in [-0.2, 0) is 44.2 Å². The molecule has 0 aromatic heterocycles. The fourth-order valence-corrected chi connectivity index (χ4v) is 3.29. The van der Waals surface area contributed by atoms with Crippen molar-refractivity contribution in [3.05, 3.63) is 127 Å². The molecule has 0 amide bonds. The molecule has 0 spiro atoms. The van der Waals surface area contributed by atoms with Crippen LogP contribution < -0.4 is 4.72 Å². The Labute approximate surface area is 207 Å². The van der Waals surface area contributed by atoms with Crippen LogP contribution in [0.1, 0.15) is 0 Å². The molecule has 0 heterocycles. The Morgan fingerprint density at radius 1 is 0.633 bits per heavy atom. The second kappa shape index (κ2) is 17.4. The van der Waals surface area contributed by atoms with E-state index < -0.39 is 22.2 Å². The van der Waals surface area contributed by atoms with Crippen molar-refractivity contribution in [2.45, 2.75) is 12.1 Å². The molecule has 30 heavy (non-hydrogen) atoms. The van der Waals surface area contributed by atoms with Gasteiger partial charge in [-0.15, -0.1) is 0 Å². The van der Waals surface area contributed by atoms with Gasteiger partial charge >= 0.3 is 34.1 Å². The van der Waals surface area contributed by atoms with E-state index in [1.54, 1.807) is 38.5 Å². The van der Waals surface area contributed by atoms with Gasteiger partial charge in [-0.05, 0) is 116 Å². The minimum absolute atomic E-state index is 0. The van der Waals surface area contributed by atoms with E-state index in [0.717, 1.165) is 12.2 Å². The van der Waals surface area contributed by atoms with Crippen molar-refractivity contribution < 1.29 is 47.7 Å². The van der Waals surface area contributed by atoms with Gasteiger partial charge in [0.05, 0.1) is 18.4 Å². The smallest absolute Gasteiger partial charge is 0.391 e. The number of rotatable bonds is 5. The van der Waals surface area contributed by atoms with Crippen molar-refractivity contribution in [3.8, 4) is 0 Å². The summed E-state index contributed by atoms with van der Waals surface area (Å²) in [5.41, 5.74) is 0. The van der Waals surface area contributed by atoms with Crippen LogP contribution in [0, 0.1) is 127 Å². The van der Waals surface area contributed by atoms with E-state index in [4.69, 9.17) is 0 Å². The predicted molar refractivity (Wildman–Crippen MR) is 112 cm³/mol. The maximum Gasteiger partial charge on any atom is 2.00 e. The third-order valence-corrected chi connectivity index (χ3v) is 4.53. The standard InChI is InChI=1S/C13H15NO3S.2C5H5.2Fe/c1-18(16,17)14-12(10-6-2-3-7-10)13(15)11-8-4-5-9-11;2*1-2-4-5-3-1;;/h2-9,12-15H,1H3;2*1-5H;;/q;;;2*+2/t12-,13+;;;;/m1..../s1. The summed E-state index contributed by atoms with van der Waals surface area (Å²) in [7, 11) is -3.40. The number of aliphatic hydroxyl groups excluding tert-OH is 1. The normalized spacial score (nSPS) is 23.9. The molecule has 158 valence electrons. The van der Waals surface area contributed by atoms with Gasteiger partial charge in [-0.3, -0.25) is 0 Å². The van der Waals surface area contributed by atoms with Gasteiger partial charge in [0.15, 0.2) is 0 Å². The van der Waals surface area contributed by atoms with Crippen LogP contribution >= 0.6 is 0 Å². The molecule has 2 N–H and O–H groups in total. The molecule has 0 aromatic carbocycles. The van der Waals surface area contributed by atoms with Gasteiger partial charge in [-0.2, -0.15) is 0 Å². The van der Waals surface area contributed by atoms with Crippen molar-refractivity contribution in [2.24, 2.45) is 0 Å². The Bertz CT molecular complexity index is 473. The van der Waals surface area contributed by atoms with Gasteiger partial charge in [0.25, 0.3) is 0 Å². The zero-order valence-electron chi connectivity index (χ0n) is 16.4. The molecule has 4 saturated carbocycles. The molecule has 2 atom stereocenters. The zero-order valence-corrected chi connectivity index (χ0v) is 19.5. The summed E-state index contributed by atoms with van der Waals surface area (Å²) in [6.07, 6.45) is 34.5. The van der Waals surface area contributed by atoms with E-state index in [1.165, 1.54) is 0 Å². The summed E-state index contributed by atoms with van der Waals surface area (Å²) in [6, 6.07) is -0.669. The topological polar surface area (TPSA) is 66.4 Å². The molecule has 4 fully saturated rings. The molecule has 4 aliphatic rings. The van der Waals surface area contributed by atoms with E-state index in [1.807, 2.05) is 77.0 Å². The Balaban J connectivity index is 0.000000575. The fraction of sp³-hybridized carbons (Fsp3) is 0.130. The number of aliphatic hydroxyl groups is 1. The monoisotopic (exact) mass is 507 g/mol. The molecule has 0 bridgehead atoms. The first-order valence-corrected chi connectivity index (χ1v) is 10.8. The Kier molecular flexibility index (Phi) is 17.9. The quantitative estimate of drug-likeness (QED) is 0.561. The average Bonchev–Trinajstić information content (AvgIpc) is 3.48. The van der Waals surface area contributed by atoms with E-state index in [2.05, 4.69) is 4.72 Å². The number of hydrogen-bond donors (Lipinski definition) is 2. The van der Waals surface area contributed by atoms with Crippen LogP contribution in [0.15, 0.2) is 0 Å². The fourth-order valence-electron chi connectivity index (χ4n) is 2.56. The molecule has 0 saturated heterocycles. The van der Waals surface area contributed by atoms with Gasteiger partial charge < -0.3 is 5.11 Å². The van der Waals surface area contributed by atoms with Crippen molar-refractivity contribution in [1.82, 2.24) is 4.72 Å². The maximum absolute atomic E-state index is 11.4. The number of sulfonamides is 1. The summed E-state index contributed by atoms with van der Waals surface area (Å²) in [4.78, 5) is 0. The molecule has 0 aliphatic heterocycles. The van der Waals surface area contributed by atoms with Crippen LogP contribution in [0.25, 0.3) is 0 Å². The Morgan fingerprint density at radius 2 is 0.933 bits per heavy atom. The second-order valence-electron chi connectivity index (χ2n) is 6.17. The van der Waals surface area contributed by atoms with Gasteiger partial charge in [0.1, 0.15) is 0 Å². The Hall–Kier alpha value is 0.909. The van der Waals surface area contributed by atoms with E-state index >= 15 is 0 Å². The van der Waals surface area contributed by atoms with E-state index in [-0.39, 0.29) is 34.1 Å². The summed E-state index contributed by atoms with van der Waals surface area (Å²) in [5.74, 6) is 1.44. The van der Waals surface area contributed by atoms with Crippen molar-refractivity contribution >= 4 is 10.0 Å². The van der Waals surface area contributed by atoms with Gasteiger partial charge in [0, 0.05) is 11.8 Å². The minimum atomic E-state index is -3.40. The first-order valence-electron chi connectivity index (χ1n) is 8.89. The average molecular weight is 507 g/mol. The molecule has 4 nitrogen and oxygen atoms in total. The van der Waals surface area contributed by atoms with Gasteiger partial charge in [-0.1, -0.05) is 0 Å². The summed E-state index contributed by atoms with van der Waals surface area (Å²) >= 11 is 0. The molecule has 0 unspecified atom stereocenters. The first-order chi connectivity index (χ1) is 13.5. The van der Waals surface area contributed by atoms with Gasteiger partial charge in [-0.25, -0.2) is 13.1 Å². The second-order valence-corrected chi connectivity index (χ2v) is 7.95. The van der Waals surface area contributed by atoms with Crippen LogP contribution in [-0.4, -0.2) is 31.9 Å². The molecule has 7 heteroatoms. The molecular formula is C23H25Fe2NO3S+4. The third-order valence-electron chi connectivity index (χ3n) is 3.85. The summed E-state index contributed by atoms with van der Waals surface area (Å²) in [5, 5.41) is 10.3. The maximum atomic E-state index is 11.4.